The molecule has 1 heterocycles. The van der Waals surface area contributed by atoms with Crippen molar-refractivity contribution >= 4 is 17.6 Å². The smallest absolute Gasteiger partial charge is 0.306 e. The van der Waals surface area contributed by atoms with E-state index < -0.39 is 12.1 Å². The molecule has 1 aliphatic heterocycles. The first-order chi connectivity index (χ1) is 21.8. The van der Waals surface area contributed by atoms with E-state index in [9.17, 15) is 15.2 Å². The lowest BCUT2D eigenvalue weighted by molar-refractivity contribution is -0.139. The second-order valence-electron chi connectivity index (χ2n) is 10.6. The van der Waals surface area contributed by atoms with Gasteiger partial charge in [0.25, 0.3) is 0 Å². The molecular formula is C35H33ClN2O7. The van der Waals surface area contributed by atoms with E-state index in [0.29, 0.717) is 40.9 Å². The molecule has 232 valence electrons. The largest absolute Gasteiger partial charge is 0.488 e. The Bertz CT molecular complexity index is 1720. The van der Waals surface area contributed by atoms with E-state index in [4.69, 9.17) is 35.7 Å². The van der Waals surface area contributed by atoms with Gasteiger partial charge in [0.05, 0.1) is 29.2 Å². The van der Waals surface area contributed by atoms with Gasteiger partial charge in [-0.3, -0.25) is 4.79 Å². The molecule has 0 fully saturated rings. The maximum absolute atomic E-state index is 10.9. The molecule has 1 aliphatic rings. The van der Waals surface area contributed by atoms with Crippen molar-refractivity contribution in [3.05, 3.63) is 106 Å². The number of fused-ring (bicyclic) bond motifs is 1. The van der Waals surface area contributed by atoms with Crippen LogP contribution in [0.3, 0.4) is 0 Å². The third-order valence-electron chi connectivity index (χ3n) is 7.35. The lowest BCUT2D eigenvalue weighted by Gasteiger charge is -2.20. The van der Waals surface area contributed by atoms with Crippen molar-refractivity contribution in [3.63, 3.8) is 0 Å². The highest BCUT2D eigenvalue weighted by Gasteiger charge is 2.17. The molecule has 4 aromatic rings. The number of aliphatic hydroxyl groups is 1. The fourth-order valence-electron chi connectivity index (χ4n) is 5.02. The van der Waals surface area contributed by atoms with Crippen molar-refractivity contribution in [2.75, 3.05) is 19.8 Å². The zero-order valence-corrected chi connectivity index (χ0v) is 25.5. The predicted molar refractivity (Wildman–Crippen MR) is 169 cm³/mol. The Morgan fingerprint density at radius 2 is 1.76 bits per heavy atom. The molecule has 45 heavy (non-hydrogen) atoms. The van der Waals surface area contributed by atoms with Crippen LogP contribution in [-0.4, -0.2) is 42.0 Å². The molecule has 0 amide bonds. The fraction of sp³-hybridized carbons (Fsp3) is 0.257. The van der Waals surface area contributed by atoms with Gasteiger partial charge in [-0.2, -0.15) is 5.26 Å². The zero-order chi connectivity index (χ0) is 31.8. The number of carboxylic acids is 1. The number of carbonyl (C=O) groups is 1. The van der Waals surface area contributed by atoms with E-state index in [0.717, 1.165) is 39.3 Å². The maximum atomic E-state index is 10.9. The Labute approximate surface area is 266 Å². The van der Waals surface area contributed by atoms with Crippen molar-refractivity contribution < 1.29 is 34.0 Å². The van der Waals surface area contributed by atoms with Crippen LogP contribution in [0.1, 0.15) is 34.2 Å². The van der Waals surface area contributed by atoms with Gasteiger partial charge in [-0.15, -0.1) is 0 Å². The van der Waals surface area contributed by atoms with Gasteiger partial charge in [-0.25, -0.2) is 0 Å². The number of aliphatic hydroxyl groups excluding tert-OH is 1. The van der Waals surface area contributed by atoms with Gasteiger partial charge in [0.2, 0.25) is 0 Å². The molecule has 5 rings (SSSR count). The second kappa shape index (κ2) is 14.8. The SMILES string of the molecule is Cc1c(COc2cc(OCc3cccc(C#N)c3)c(CNCC(O)CC(=O)O)cc2Cl)cccc1-c1ccc2c(c1)OCCO2. The number of benzene rings is 4. The highest BCUT2D eigenvalue weighted by Crippen LogP contribution is 2.37. The molecule has 0 saturated heterocycles. The molecule has 0 radical (unpaired) electrons. The van der Waals surface area contributed by atoms with Gasteiger partial charge in [0, 0.05) is 24.7 Å². The number of nitrogens with one attached hydrogen (secondary N) is 1. The summed E-state index contributed by atoms with van der Waals surface area (Å²) in [4.78, 5) is 10.9. The molecule has 0 aromatic heterocycles. The summed E-state index contributed by atoms with van der Waals surface area (Å²) in [6, 6.07) is 24.7. The molecule has 0 spiro atoms. The van der Waals surface area contributed by atoms with Crippen molar-refractivity contribution in [2.45, 2.75) is 39.2 Å². The predicted octanol–water partition coefficient (Wildman–Crippen LogP) is 6.04. The molecule has 0 saturated carbocycles. The molecule has 4 aromatic carbocycles. The Morgan fingerprint density at radius 1 is 0.978 bits per heavy atom. The summed E-state index contributed by atoms with van der Waals surface area (Å²) in [5, 5.41) is 31.6. The Morgan fingerprint density at radius 3 is 2.56 bits per heavy atom. The van der Waals surface area contributed by atoms with Crippen LogP contribution < -0.4 is 24.3 Å². The number of halogens is 1. The van der Waals surface area contributed by atoms with E-state index >= 15 is 0 Å². The summed E-state index contributed by atoms with van der Waals surface area (Å²) in [5.74, 6) is 1.31. The molecule has 1 unspecified atom stereocenters. The van der Waals surface area contributed by atoms with Crippen LogP contribution in [0.2, 0.25) is 5.02 Å². The average molecular weight is 629 g/mol. The van der Waals surface area contributed by atoms with Crippen LogP contribution in [0.4, 0.5) is 0 Å². The summed E-state index contributed by atoms with van der Waals surface area (Å²) < 4.78 is 23.8. The lowest BCUT2D eigenvalue weighted by Crippen LogP contribution is -2.28. The van der Waals surface area contributed by atoms with E-state index in [1.54, 1.807) is 30.3 Å². The van der Waals surface area contributed by atoms with Crippen LogP contribution >= 0.6 is 11.6 Å². The summed E-state index contributed by atoms with van der Waals surface area (Å²) in [6.07, 6.45) is -1.41. The van der Waals surface area contributed by atoms with Gasteiger partial charge >= 0.3 is 5.97 Å². The van der Waals surface area contributed by atoms with Gasteiger partial charge in [-0.05, 0) is 65.1 Å². The minimum Gasteiger partial charge on any atom is -0.488 e. The van der Waals surface area contributed by atoms with Gasteiger partial charge in [-0.1, -0.05) is 48.0 Å². The second-order valence-corrected chi connectivity index (χ2v) is 11.0. The number of aliphatic carboxylic acids is 1. The molecule has 1 atom stereocenters. The number of ether oxygens (including phenoxy) is 4. The zero-order valence-electron chi connectivity index (χ0n) is 24.7. The van der Waals surface area contributed by atoms with Crippen molar-refractivity contribution in [2.24, 2.45) is 0 Å². The van der Waals surface area contributed by atoms with Crippen LogP contribution in [-0.2, 0) is 24.6 Å². The third kappa shape index (κ3) is 8.25. The number of hydrogen-bond donors (Lipinski definition) is 3. The number of hydrogen-bond acceptors (Lipinski definition) is 8. The maximum Gasteiger partial charge on any atom is 0.306 e. The molecular weight excluding hydrogens is 596 g/mol. The first kappa shape index (κ1) is 31.7. The normalized spacial score (nSPS) is 12.7. The highest BCUT2D eigenvalue weighted by atomic mass is 35.5. The van der Waals surface area contributed by atoms with Crippen molar-refractivity contribution in [1.82, 2.24) is 5.32 Å². The highest BCUT2D eigenvalue weighted by molar-refractivity contribution is 6.32. The first-order valence-corrected chi connectivity index (χ1v) is 14.8. The Kier molecular flexibility index (Phi) is 10.4. The lowest BCUT2D eigenvalue weighted by atomic mass is 9.96. The third-order valence-corrected chi connectivity index (χ3v) is 7.65. The monoisotopic (exact) mass is 628 g/mol. The molecule has 9 nitrogen and oxygen atoms in total. The van der Waals surface area contributed by atoms with E-state index in [1.165, 1.54) is 0 Å². The van der Waals surface area contributed by atoms with E-state index in [-0.39, 0.29) is 32.7 Å². The first-order valence-electron chi connectivity index (χ1n) is 14.5. The van der Waals surface area contributed by atoms with Crippen LogP contribution in [0, 0.1) is 18.3 Å². The quantitative estimate of drug-likeness (QED) is 0.162. The number of rotatable bonds is 13. The van der Waals surface area contributed by atoms with E-state index in [2.05, 4.69) is 17.5 Å². The van der Waals surface area contributed by atoms with Gasteiger partial charge in [0.1, 0.15) is 37.9 Å². The summed E-state index contributed by atoms with van der Waals surface area (Å²) >= 11 is 6.67. The molecule has 10 heteroatoms. The fourth-order valence-corrected chi connectivity index (χ4v) is 5.26. The molecule has 0 bridgehead atoms. The van der Waals surface area contributed by atoms with Gasteiger partial charge in [0.15, 0.2) is 11.5 Å². The topological polar surface area (TPSA) is 130 Å². The average Bonchev–Trinajstić information content (AvgIpc) is 3.04. The summed E-state index contributed by atoms with van der Waals surface area (Å²) in [5.41, 5.74) is 6.14. The number of nitriles is 1. The summed E-state index contributed by atoms with van der Waals surface area (Å²) in [7, 11) is 0. The van der Waals surface area contributed by atoms with Crippen LogP contribution in [0.15, 0.2) is 72.8 Å². The number of nitrogens with zero attached hydrogens (tertiary/aromatic N) is 1. The minimum absolute atomic E-state index is 0.0742. The van der Waals surface area contributed by atoms with Gasteiger partial charge < -0.3 is 34.5 Å². The molecule has 3 N–H and O–H groups in total. The Balaban J connectivity index is 1.34. The van der Waals surface area contributed by atoms with E-state index in [1.807, 2.05) is 43.3 Å². The Hall–Kier alpha value is -4.75. The summed E-state index contributed by atoms with van der Waals surface area (Å²) in [6.45, 7) is 3.89. The van der Waals surface area contributed by atoms with Crippen LogP contribution in [0.5, 0.6) is 23.0 Å². The van der Waals surface area contributed by atoms with Crippen LogP contribution in [0.25, 0.3) is 11.1 Å². The van der Waals surface area contributed by atoms with Crippen molar-refractivity contribution in [1.29, 1.82) is 5.26 Å². The number of carboxylic acid groups (broad SMARTS) is 1. The minimum atomic E-state index is -1.08. The van der Waals surface area contributed by atoms with Crippen molar-refractivity contribution in [3.8, 4) is 40.2 Å². The molecule has 0 aliphatic carbocycles. The standard InChI is InChI=1S/C35H33ClN2O7/c1-22-26(6-3-7-29(22)25-8-9-31-34(14-25)43-11-10-42-31)21-45-33-16-32(44-20-24-5-2-4-23(12-24)17-37)27(13-30(33)36)18-38-19-28(39)15-35(40)41/h2-9,12-14,16,28,38-39H,10-11,15,18-21H2,1H3,(H,40,41).